The first kappa shape index (κ1) is 15.3. The van der Waals surface area contributed by atoms with E-state index in [1.54, 1.807) is 4.90 Å². The number of amides is 1. The highest BCUT2D eigenvalue weighted by molar-refractivity contribution is 5.99. The molecule has 1 aromatic rings. The van der Waals surface area contributed by atoms with Crippen LogP contribution in [0.15, 0.2) is 30.3 Å². The maximum atomic E-state index is 13.2. The maximum absolute atomic E-state index is 13.2. The maximum Gasteiger partial charge on any atom is 0.229 e. The van der Waals surface area contributed by atoms with Crippen molar-refractivity contribution in [3.8, 4) is 0 Å². The molecule has 0 N–H and O–H groups in total. The first-order chi connectivity index (χ1) is 10.2. The molecule has 0 radical (unpaired) electrons. The number of fused-ring (bicyclic) bond motifs is 2. The zero-order valence-corrected chi connectivity index (χ0v) is 14.0. The van der Waals surface area contributed by atoms with Crippen molar-refractivity contribution in [2.24, 2.45) is 16.2 Å². The molecule has 1 amide bonds. The molecule has 2 bridgehead atoms. The fourth-order valence-electron chi connectivity index (χ4n) is 4.63. The van der Waals surface area contributed by atoms with Crippen LogP contribution in [0.2, 0.25) is 0 Å². The van der Waals surface area contributed by atoms with Gasteiger partial charge in [0.25, 0.3) is 0 Å². The molecule has 2 fully saturated rings. The number of ketones is 1. The number of benzene rings is 1. The van der Waals surface area contributed by atoms with Crippen LogP contribution in [0.5, 0.6) is 0 Å². The van der Waals surface area contributed by atoms with Crippen molar-refractivity contribution in [2.45, 2.75) is 46.6 Å². The molecule has 22 heavy (non-hydrogen) atoms. The van der Waals surface area contributed by atoms with Crippen molar-refractivity contribution in [2.75, 3.05) is 7.05 Å². The summed E-state index contributed by atoms with van der Waals surface area (Å²) in [6, 6.07) is 10.0. The lowest BCUT2D eigenvalue weighted by atomic mass is 9.64. The SMILES string of the molecule is CN(Cc1ccccc1)C(=O)C12CCC(C)(C(=O)C1)C2(C)C. The van der Waals surface area contributed by atoms with Crippen LogP contribution in [0.25, 0.3) is 0 Å². The van der Waals surface area contributed by atoms with Crippen LogP contribution in [0, 0.1) is 16.2 Å². The number of nitrogens with zero attached hydrogens (tertiary/aromatic N) is 1. The molecular formula is C19H25NO2. The van der Waals surface area contributed by atoms with Crippen LogP contribution in [-0.2, 0) is 16.1 Å². The van der Waals surface area contributed by atoms with Crippen molar-refractivity contribution in [1.29, 1.82) is 0 Å². The summed E-state index contributed by atoms with van der Waals surface area (Å²) in [5.74, 6) is 0.404. The van der Waals surface area contributed by atoms with Gasteiger partial charge in [0, 0.05) is 25.4 Å². The van der Waals surface area contributed by atoms with Crippen molar-refractivity contribution in [3.05, 3.63) is 35.9 Å². The van der Waals surface area contributed by atoms with E-state index >= 15 is 0 Å². The van der Waals surface area contributed by atoms with Gasteiger partial charge in [0.2, 0.25) is 5.91 Å². The number of hydrogen-bond acceptors (Lipinski definition) is 2. The van der Waals surface area contributed by atoms with Gasteiger partial charge in [0.1, 0.15) is 5.78 Å². The van der Waals surface area contributed by atoms with Crippen LogP contribution in [0.4, 0.5) is 0 Å². The van der Waals surface area contributed by atoms with Crippen molar-refractivity contribution in [1.82, 2.24) is 4.90 Å². The van der Waals surface area contributed by atoms with E-state index in [1.165, 1.54) is 0 Å². The predicted molar refractivity (Wildman–Crippen MR) is 86.1 cm³/mol. The van der Waals surface area contributed by atoms with Crippen molar-refractivity contribution < 1.29 is 9.59 Å². The van der Waals surface area contributed by atoms with Gasteiger partial charge in [-0.15, -0.1) is 0 Å². The molecule has 2 unspecified atom stereocenters. The molecule has 0 aromatic heterocycles. The van der Waals surface area contributed by atoms with Crippen LogP contribution in [-0.4, -0.2) is 23.6 Å². The number of carbonyl (C=O) groups is 2. The Morgan fingerprint density at radius 2 is 1.77 bits per heavy atom. The summed E-state index contributed by atoms with van der Waals surface area (Å²) in [7, 11) is 1.86. The molecule has 0 aliphatic heterocycles. The summed E-state index contributed by atoms with van der Waals surface area (Å²) in [6.45, 7) is 6.87. The molecule has 3 rings (SSSR count). The minimum Gasteiger partial charge on any atom is -0.341 e. The third-order valence-corrected chi connectivity index (χ3v) is 6.72. The molecule has 118 valence electrons. The minimum atomic E-state index is -0.512. The third kappa shape index (κ3) is 1.74. The summed E-state index contributed by atoms with van der Waals surface area (Å²) in [5.41, 5.74) is 0.00945. The van der Waals surface area contributed by atoms with Gasteiger partial charge in [-0.1, -0.05) is 51.1 Å². The summed E-state index contributed by atoms with van der Waals surface area (Å²) in [5, 5.41) is 0. The minimum absolute atomic E-state index is 0.135. The molecule has 3 nitrogen and oxygen atoms in total. The molecule has 0 heterocycles. The largest absolute Gasteiger partial charge is 0.341 e. The molecule has 2 aliphatic carbocycles. The van der Waals surface area contributed by atoms with Gasteiger partial charge in [-0.3, -0.25) is 9.59 Å². The second kappa shape index (κ2) is 4.68. The lowest BCUT2D eigenvalue weighted by Crippen LogP contribution is -2.47. The first-order valence-corrected chi connectivity index (χ1v) is 8.07. The van der Waals surface area contributed by atoms with Gasteiger partial charge in [0.15, 0.2) is 0 Å². The zero-order valence-electron chi connectivity index (χ0n) is 14.0. The Kier molecular flexibility index (Phi) is 3.24. The van der Waals surface area contributed by atoms with E-state index in [0.717, 1.165) is 18.4 Å². The lowest BCUT2D eigenvalue weighted by Gasteiger charge is -2.40. The molecule has 3 heteroatoms. The Labute approximate surface area is 132 Å². The average molecular weight is 299 g/mol. The number of Topliss-reactive ketones (excluding diaryl/α,β-unsaturated/α-hetero) is 1. The van der Waals surface area contributed by atoms with E-state index in [9.17, 15) is 9.59 Å². The summed E-state index contributed by atoms with van der Waals surface area (Å²) in [6.07, 6.45) is 2.08. The zero-order chi connectivity index (χ0) is 16.2. The topological polar surface area (TPSA) is 37.4 Å². The van der Waals surface area contributed by atoms with Crippen LogP contribution < -0.4 is 0 Å². The van der Waals surface area contributed by atoms with E-state index in [2.05, 4.69) is 20.8 Å². The number of rotatable bonds is 3. The third-order valence-electron chi connectivity index (χ3n) is 6.72. The average Bonchev–Trinajstić information content (AvgIpc) is 2.77. The second-order valence-corrected chi connectivity index (χ2v) is 7.79. The smallest absolute Gasteiger partial charge is 0.229 e. The molecule has 0 saturated heterocycles. The Hall–Kier alpha value is -1.64. The van der Waals surface area contributed by atoms with Gasteiger partial charge in [-0.25, -0.2) is 0 Å². The quantitative estimate of drug-likeness (QED) is 0.857. The monoisotopic (exact) mass is 299 g/mol. The normalized spacial score (nSPS) is 32.3. The molecule has 1 aromatic carbocycles. The van der Waals surface area contributed by atoms with E-state index in [1.807, 2.05) is 37.4 Å². The Balaban J connectivity index is 1.87. The summed E-state index contributed by atoms with van der Waals surface area (Å²) in [4.78, 5) is 27.5. The van der Waals surface area contributed by atoms with E-state index < -0.39 is 5.41 Å². The standard InChI is InChI=1S/C19H25NO2/c1-17(2)18(3)10-11-19(17,12-15(18)21)16(22)20(4)13-14-8-6-5-7-9-14/h5-9H,10-13H2,1-4H3. The van der Waals surface area contributed by atoms with Gasteiger partial charge >= 0.3 is 0 Å². The Bertz CT molecular complexity index is 622. The van der Waals surface area contributed by atoms with E-state index in [-0.39, 0.29) is 22.5 Å². The van der Waals surface area contributed by atoms with E-state index in [4.69, 9.17) is 0 Å². The second-order valence-electron chi connectivity index (χ2n) is 7.79. The van der Waals surface area contributed by atoms with Crippen LogP contribution in [0.1, 0.15) is 45.6 Å². The van der Waals surface area contributed by atoms with Gasteiger partial charge < -0.3 is 4.90 Å². The van der Waals surface area contributed by atoms with Crippen molar-refractivity contribution in [3.63, 3.8) is 0 Å². The molecule has 0 spiro atoms. The Morgan fingerprint density at radius 1 is 1.14 bits per heavy atom. The molecule has 2 aliphatic rings. The highest BCUT2D eigenvalue weighted by atomic mass is 16.2. The van der Waals surface area contributed by atoms with Crippen LogP contribution in [0.3, 0.4) is 0 Å². The predicted octanol–water partition coefficient (Wildman–Crippen LogP) is 3.43. The molecule has 2 atom stereocenters. The van der Waals surface area contributed by atoms with Gasteiger partial charge in [0.05, 0.1) is 5.41 Å². The highest BCUT2D eigenvalue weighted by Crippen LogP contribution is 2.70. The Morgan fingerprint density at radius 3 is 2.27 bits per heavy atom. The summed E-state index contributed by atoms with van der Waals surface area (Å²) < 4.78 is 0. The fourth-order valence-corrected chi connectivity index (χ4v) is 4.63. The number of hydrogen-bond donors (Lipinski definition) is 0. The first-order valence-electron chi connectivity index (χ1n) is 8.07. The van der Waals surface area contributed by atoms with Gasteiger partial charge in [-0.05, 0) is 23.8 Å². The summed E-state index contributed by atoms with van der Waals surface area (Å²) >= 11 is 0. The van der Waals surface area contributed by atoms with Crippen molar-refractivity contribution >= 4 is 11.7 Å². The fraction of sp³-hybridized carbons (Fsp3) is 0.579. The molecular weight excluding hydrogens is 274 g/mol. The van der Waals surface area contributed by atoms with E-state index in [0.29, 0.717) is 13.0 Å². The van der Waals surface area contributed by atoms with Gasteiger partial charge in [-0.2, -0.15) is 0 Å². The highest BCUT2D eigenvalue weighted by Gasteiger charge is 2.72. The molecule has 2 saturated carbocycles. The van der Waals surface area contributed by atoms with Crippen LogP contribution >= 0.6 is 0 Å². The lowest BCUT2D eigenvalue weighted by molar-refractivity contribution is -0.147. The number of carbonyl (C=O) groups excluding carboxylic acids is 2.